The van der Waals surface area contributed by atoms with Gasteiger partial charge in [-0.3, -0.25) is 97.4 Å². The van der Waals surface area contributed by atoms with E-state index >= 15 is 0 Å². The molecule has 4 aromatic heterocycles. The maximum Gasteiger partial charge on any atom is 0.513 e. The Bertz CT molecular complexity index is 5550. The van der Waals surface area contributed by atoms with Crippen molar-refractivity contribution in [2.75, 3.05) is 34.1 Å². The number of nitrogens with zero attached hydrogens (tertiary/aromatic N) is 5. The van der Waals surface area contributed by atoms with E-state index in [1.807, 2.05) is 0 Å². The Labute approximate surface area is 709 Å². The molecule has 1 amide bonds. The van der Waals surface area contributed by atoms with Crippen LogP contribution < -0.4 is 18.9 Å². The second-order valence-electron chi connectivity index (χ2n) is 26.6. The van der Waals surface area contributed by atoms with E-state index in [-0.39, 0.29) is 59.0 Å². The molecule has 0 spiro atoms. The fourth-order valence-corrected chi connectivity index (χ4v) is 25.3. The van der Waals surface area contributed by atoms with Crippen LogP contribution in [0.2, 0.25) is 0 Å². The van der Waals surface area contributed by atoms with Gasteiger partial charge in [0.05, 0.1) is 29.9 Å². The summed E-state index contributed by atoms with van der Waals surface area (Å²) in [6, 6.07) is 24.2. The standard InChI is InChI=1S/C19H22FNO10P2.C17H17F2NO10P2.C17H19FN2O9P2.C17H19NO10P2/c1-2-4-17(22)29-12-28-14-6-7-15(16(20)9-14)18-30-32(24,25)19(23,33(26,27)31-18)10-13-5-3-8-21-11-13;1-2-27-16(21)28-11-6-12(18)14(13(19)7-11)15-29-31(23,24)17(22,32(25,26)30-15)8-10-4-3-5-20-9-10;1-20(2)16(21)27-13-7-3-6-12(18)14(13)15-28-30(23,24)17(22,31(25,26)29-15)9-11-5-4-8-19-10-11;1-2-25-16(19)26-14-8-4-3-7-13(14)15-27-29(21,22)17(20,30(23,24)28-15)10-12-6-5-9-18-11-12/h3,5-9,11,18,23H,2,4,10,12H2,1H3,(H,24,25)(H,26,27);3-7,9,15,22H,2,8H2,1H3,(H,23,24)(H,25,26);3-8,10,15,22H,9H2,1-2H3,(H,23,24)(H,25,26);3-9,11,15,20H,2,10H2,1H3,(H,21,22)(H,23,24). The second kappa shape index (κ2) is 41.0. The number of carbonyl (C=O) groups is 4. The summed E-state index contributed by atoms with van der Waals surface area (Å²) in [5.41, 5.74) is -1.87. The van der Waals surface area contributed by atoms with Crippen LogP contribution in [0.1, 0.15) is 103 Å². The molecular weight excluding hydrogens is 1860 g/mol. The predicted molar refractivity (Wildman–Crippen MR) is 417 cm³/mol. The van der Waals surface area contributed by atoms with E-state index in [4.69, 9.17) is 46.1 Å². The molecule has 8 atom stereocenters. The number of para-hydroxylation sites is 1. The number of halogens is 4. The molecule has 0 bridgehead atoms. The molecule has 4 aliphatic rings. The van der Waals surface area contributed by atoms with Gasteiger partial charge in [0, 0.05) is 120 Å². The van der Waals surface area contributed by atoms with Gasteiger partial charge in [-0.15, -0.1) is 0 Å². The SMILES string of the molecule is CCCC(=O)OCOc1ccc(C2OP(=O)(O)C(O)(Cc3cccnc3)P(=O)(O)O2)c(F)c1.CCOC(=O)Oc1cc(F)c(C2OP(=O)(O)C(O)(Cc3cccnc3)P(=O)(O)O2)c(F)c1.CCOC(=O)Oc1ccccc1C1OP(=O)(O)C(O)(Cc2cccnc2)P(=O)(O)O1.CN(C)C(=O)Oc1cccc(F)c1C1OP(=O)(O)C(O)(Cc2cccnc2)P(=O)(O)O1. The lowest BCUT2D eigenvalue weighted by atomic mass is 10.2. The number of benzene rings is 4. The van der Waals surface area contributed by atoms with E-state index in [0.29, 0.717) is 18.6 Å². The average Bonchev–Trinajstić information content (AvgIpc) is 0.739. The quantitative estimate of drug-likeness (QED) is 0.00749. The van der Waals surface area contributed by atoms with Crippen LogP contribution >= 0.6 is 60.8 Å². The Hall–Kier alpha value is -8.68. The van der Waals surface area contributed by atoms with Crippen molar-refractivity contribution in [1.82, 2.24) is 24.8 Å². The van der Waals surface area contributed by atoms with Crippen molar-refractivity contribution < 1.29 is 202 Å². The van der Waals surface area contributed by atoms with Gasteiger partial charge < -0.3 is 97.6 Å². The van der Waals surface area contributed by atoms with Gasteiger partial charge in [-0.2, -0.15) is 0 Å². The molecule has 44 nitrogen and oxygen atoms in total. The summed E-state index contributed by atoms with van der Waals surface area (Å²) < 4.78 is 233. The first-order valence-electron chi connectivity index (χ1n) is 35.9. The van der Waals surface area contributed by atoms with E-state index in [1.54, 1.807) is 13.8 Å². The number of rotatable bonds is 22. The van der Waals surface area contributed by atoms with Gasteiger partial charge in [-0.05, 0) is 97.1 Å². The third kappa shape index (κ3) is 22.9. The molecule has 4 aromatic carbocycles. The molecule has 8 aromatic rings. The van der Waals surface area contributed by atoms with Crippen molar-refractivity contribution in [3.8, 4) is 23.0 Å². The summed E-state index contributed by atoms with van der Waals surface area (Å²) >= 11 is 0. The average molecular weight is 1940 g/mol. The Morgan fingerprint density at radius 3 is 1.12 bits per heavy atom. The topological polar surface area (TPSA) is 641 Å². The highest BCUT2D eigenvalue weighted by molar-refractivity contribution is 7.75. The van der Waals surface area contributed by atoms with Crippen molar-refractivity contribution in [2.24, 2.45) is 0 Å². The largest absolute Gasteiger partial charge is 0.513 e. The van der Waals surface area contributed by atoms with Crippen molar-refractivity contribution in [3.63, 3.8) is 0 Å². The molecule has 12 rings (SSSR count). The minimum atomic E-state index is -5.45. The zero-order chi connectivity index (χ0) is 93.0. The van der Waals surface area contributed by atoms with Crippen LogP contribution in [-0.4, -0.2) is 163 Å². The number of pyridine rings is 4. The molecule has 0 radical (unpaired) electrons. The lowest BCUT2D eigenvalue weighted by molar-refractivity contribution is -0.150. The molecule has 126 heavy (non-hydrogen) atoms. The summed E-state index contributed by atoms with van der Waals surface area (Å²) in [4.78, 5) is 145. The highest BCUT2D eigenvalue weighted by Gasteiger charge is 2.71. The van der Waals surface area contributed by atoms with Gasteiger partial charge in [0.15, 0.2) is 0 Å². The molecule has 684 valence electrons. The third-order valence-electron chi connectivity index (χ3n) is 17.5. The molecule has 56 heteroatoms. The molecule has 0 aliphatic carbocycles. The van der Waals surface area contributed by atoms with Crippen LogP contribution in [0.3, 0.4) is 0 Å². The maximum atomic E-state index is 14.6. The van der Waals surface area contributed by atoms with Crippen molar-refractivity contribution in [1.29, 1.82) is 0 Å². The molecule has 0 saturated carbocycles. The van der Waals surface area contributed by atoms with E-state index < -0.39 is 215 Å². The summed E-state index contributed by atoms with van der Waals surface area (Å²) in [7, 11) is -39.7. The molecule has 4 aliphatic heterocycles. The number of esters is 1. The molecular formula is C70H77F4N5O39P8. The van der Waals surface area contributed by atoms with Crippen LogP contribution in [0.15, 0.2) is 171 Å². The highest BCUT2D eigenvalue weighted by Crippen LogP contribution is 2.83. The van der Waals surface area contributed by atoms with Crippen LogP contribution in [0.25, 0.3) is 0 Å². The molecule has 8 heterocycles. The second-order valence-corrected chi connectivity index (χ2v) is 44.0. The fraction of sp³-hybridized carbons (Fsp3) is 0.314. The zero-order valence-electron chi connectivity index (χ0n) is 65.6. The van der Waals surface area contributed by atoms with E-state index in [1.165, 1.54) is 149 Å². The third-order valence-corrected chi connectivity index (χ3v) is 35.9. The highest BCUT2D eigenvalue weighted by atomic mass is 31.3. The zero-order valence-corrected chi connectivity index (χ0v) is 72.7. The van der Waals surface area contributed by atoms with Gasteiger partial charge in [0.1, 0.15) is 46.3 Å². The van der Waals surface area contributed by atoms with Gasteiger partial charge >= 0.3 is 85.1 Å². The Morgan fingerprint density at radius 1 is 0.397 bits per heavy atom. The van der Waals surface area contributed by atoms with Crippen molar-refractivity contribution in [2.45, 2.75) is 105 Å². The van der Waals surface area contributed by atoms with E-state index in [0.717, 1.165) is 35.4 Å². The Balaban J connectivity index is 0.000000190. The summed E-state index contributed by atoms with van der Waals surface area (Å²) in [5.74, 6) is -6.97. The molecule has 4 saturated heterocycles. The first-order chi connectivity index (χ1) is 58.9. The number of ether oxygens (including phenoxy) is 7. The van der Waals surface area contributed by atoms with Gasteiger partial charge in [-0.25, -0.2) is 31.9 Å². The number of hydrogen-bond donors (Lipinski definition) is 12. The first kappa shape index (κ1) is 101. The molecule has 12 N–H and O–H groups in total. The number of amides is 1. The number of aromatic nitrogens is 4. The van der Waals surface area contributed by atoms with E-state index in [2.05, 4.69) is 43.2 Å². The van der Waals surface area contributed by atoms with Crippen LogP contribution in [0.5, 0.6) is 23.0 Å². The lowest BCUT2D eigenvalue weighted by Crippen LogP contribution is -2.38. The normalized spacial score (nSPS) is 30.3. The Morgan fingerprint density at radius 2 is 0.754 bits per heavy atom. The van der Waals surface area contributed by atoms with Gasteiger partial charge in [0.2, 0.25) is 32.0 Å². The van der Waals surface area contributed by atoms with Crippen LogP contribution in [0.4, 0.5) is 31.9 Å². The van der Waals surface area contributed by atoms with Gasteiger partial charge in [0.25, 0.3) is 20.3 Å². The summed E-state index contributed by atoms with van der Waals surface area (Å²) in [5, 5.41) is 29.8. The fourth-order valence-electron chi connectivity index (χ4n) is 11.1. The summed E-state index contributed by atoms with van der Waals surface area (Å²) in [6.07, 6.45) is -3.87. The summed E-state index contributed by atoms with van der Waals surface area (Å²) in [6.45, 7) is 4.34. The number of carbonyl (C=O) groups excluding carboxylic acids is 4. The van der Waals surface area contributed by atoms with Crippen molar-refractivity contribution >= 4 is 85.1 Å². The van der Waals surface area contributed by atoms with Crippen LogP contribution in [-0.2, 0) is 117 Å². The molecule has 4 fully saturated rings. The first-order valence-corrected chi connectivity index (χ1v) is 48.6. The number of hydrogen-bond acceptors (Lipinski definition) is 35. The predicted octanol–water partition coefficient (Wildman–Crippen LogP) is 11.9. The smallest absolute Gasteiger partial charge is 0.457 e. The maximum absolute atomic E-state index is 14.6. The number of aliphatic hydroxyl groups is 4. The van der Waals surface area contributed by atoms with Crippen molar-refractivity contribution in [3.05, 3.63) is 239 Å². The van der Waals surface area contributed by atoms with E-state index in [9.17, 15) is 133 Å². The molecule has 8 unspecified atom stereocenters. The monoisotopic (exact) mass is 1940 g/mol. The minimum absolute atomic E-state index is 0.0382. The lowest BCUT2D eigenvalue weighted by Gasteiger charge is -2.41. The minimum Gasteiger partial charge on any atom is -0.457 e. The Kier molecular flexibility index (Phi) is 32.9. The van der Waals surface area contributed by atoms with Crippen LogP contribution in [0, 0.1) is 23.3 Å². The van der Waals surface area contributed by atoms with Gasteiger partial charge in [-0.1, -0.05) is 55.5 Å².